The molecule has 4 saturated carbocycles. The summed E-state index contributed by atoms with van der Waals surface area (Å²) in [5.74, 6) is 3.53. The molecule has 5 aliphatic rings. The van der Waals surface area contributed by atoms with Crippen molar-refractivity contribution in [2.45, 2.75) is 75.8 Å². The van der Waals surface area contributed by atoms with Gasteiger partial charge < -0.3 is 4.74 Å². The molecule has 0 N–H and O–H groups in total. The molecule has 1 heterocycles. The molecule has 4 aliphatic carbocycles. The molecule has 0 aromatic carbocycles. The Morgan fingerprint density at radius 2 is 1.86 bits per heavy atom. The maximum atomic E-state index is 12.7. The van der Waals surface area contributed by atoms with Gasteiger partial charge in [-0.15, -0.1) is 0 Å². The summed E-state index contributed by atoms with van der Waals surface area (Å²) in [6, 6.07) is 0. The van der Waals surface area contributed by atoms with Crippen LogP contribution in [0.25, 0.3) is 0 Å². The fourth-order valence-electron chi connectivity index (χ4n) is 7.34. The third-order valence-corrected chi connectivity index (χ3v) is 9.42. The Hall–Kier alpha value is 0.110. The van der Waals surface area contributed by atoms with Gasteiger partial charge in [0.2, 0.25) is 0 Å². The van der Waals surface area contributed by atoms with Gasteiger partial charge in [-0.2, -0.15) is 0 Å². The summed E-state index contributed by atoms with van der Waals surface area (Å²) in [4.78, 5) is 12.8. The van der Waals surface area contributed by atoms with Crippen LogP contribution in [-0.2, 0) is 9.53 Å². The first-order valence-electron chi connectivity index (χ1n) is 9.29. The fraction of sp³-hybridized carbons (Fsp3) is 0.947. The van der Waals surface area contributed by atoms with Crippen LogP contribution in [0.15, 0.2) is 0 Å². The van der Waals surface area contributed by atoms with Crippen molar-refractivity contribution in [3.8, 4) is 0 Å². The van der Waals surface area contributed by atoms with Crippen molar-refractivity contribution in [1.82, 2.24) is 0 Å². The van der Waals surface area contributed by atoms with Crippen molar-refractivity contribution < 1.29 is 9.53 Å². The average Bonchev–Trinajstić information content (AvgIpc) is 3.23. The molecular weight excluding hydrogens is 340 g/mol. The lowest BCUT2D eigenvalue weighted by atomic mass is 9.45. The summed E-state index contributed by atoms with van der Waals surface area (Å²) in [5.41, 5.74) is 0.446. The second-order valence-corrected chi connectivity index (χ2v) is 10.4. The lowest BCUT2D eigenvalue weighted by Gasteiger charge is -2.58. The maximum Gasteiger partial charge on any atom is 0.152 e. The summed E-state index contributed by atoms with van der Waals surface area (Å²) in [6.45, 7) is 4.84. The first kappa shape index (κ1) is 14.5. The molecule has 2 nitrogen and oxygen atoms in total. The van der Waals surface area contributed by atoms with Crippen LogP contribution in [0.2, 0.25) is 0 Å². The van der Waals surface area contributed by atoms with E-state index in [1.54, 1.807) is 0 Å². The van der Waals surface area contributed by atoms with E-state index in [4.69, 9.17) is 4.74 Å². The number of alkyl halides is 1. The molecule has 0 radical (unpaired) electrons. The van der Waals surface area contributed by atoms with E-state index in [9.17, 15) is 4.79 Å². The number of hydrogen-bond acceptors (Lipinski definition) is 2. The highest BCUT2D eigenvalue weighted by Gasteiger charge is 2.65. The molecule has 9 atom stereocenters. The summed E-state index contributed by atoms with van der Waals surface area (Å²) in [6.07, 6.45) is 9.98. The predicted molar refractivity (Wildman–Crippen MR) is 88.9 cm³/mol. The molecule has 0 spiro atoms. The van der Waals surface area contributed by atoms with Crippen LogP contribution in [0.4, 0.5) is 0 Å². The highest BCUT2D eigenvalue weighted by Crippen LogP contribution is 2.67. The van der Waals surface area contributed by atoms with Gasteiger partial charge in [-0.25, -0.2) is 0 Å². The lowest BCUT2D eigenvalue weighted by molar-refractivity contribution is -0.137. The Labute approximate surface area is 141 Å². The van der Waals surface area contributed by atoms with Crippen LogP contribution in [0.1, 0.15) is 58.8 Å². The van der Waals surface area contributed by atoms with Crippen LogP contribution < -0.4 is 0 Å². The highest BCUT2D eigenvalue weighted by molar-refractivity contribution is 9.10. The zero-order chi connectivity index (χ0) is 15.3. The molecule has 5 rings (SSSR count). The topological polar surface area (TPSA) is 29.6 Å². The van der Waals surface area contributed by atoms with Crippen molar-refractivity contribution in [3.63, 3.8) is 0 Å². The number of carbonyl (C=O) groups is 1. The van der Waals surface area contributed by atoms with Crippen molar-refractivity contribution >= 4 is 21.7 Å². The fourth-order valence-corrected chi connectivity index (χ4v) is 8.27. The number of halogens is 1. The maximum absolute atomic E-state index is 12.7. The largest absolute Gasteiger partial charge is 0.369 e. The Balaban J connectivity index is 1.49. The van der Waals surface area contributed by atoms with E-state index >= 15 is 0 Å². The third-order valence-electron chi connectivity index (χ3n) is 8.63. The quantitative estimate of drug-likeness (QED) is 0.471. The van der Waals surface area contributed by atoms with E-state index in [0.29, 0.717) is 29.3 Å². The molecule has 1 saturated heterocycles. The molecule has 1 aliphatic heterocycles. The van der Waals surface area contributed by atoms with E-state index in [-0.39, 0.29) is 10.2 Å². The SMILES string of the molecule is CC12CCC3C(CC[C@H]4[C@@H]5O[C@@H]5CCC34C)C1C[C@@H](Br)C2=O. The molecule has 0 aromatic heterocycles. The minimum Gasteiger partial charge on any atom is -0.369 e. The van der Waals surface area contributed by atoms with Crippen molar-refractivity contribution in [3.05, 3.63) is 0 Å². The summed E-state index contributed by atoms with van der Waals surface area (Å²) >= 11 is 3.67. The molecule has 22 heavy (non-hydrogen) atoms. The van der Waals surface area contributed by atoms with E-state index in [2.05, 4.69) is 29.8 Å². The third kappa shape index (κ3) is 1.63. The van der Waals surface area contributed by atoms with Gasteiger partial charge in [-0.05, 0) is 74.0 Å². The van der Waals surface area contributed by atoms with E-state index in [0.717, 1.165) is 30.6 Å². The van der Waals surface area contributed by atoms with Crippen LogP contribution in [0.3, 0.4) is 0 Å². The average molecular weight is 367 g/mol. The zero-order valence-corrected chi connectivity index (χ0v) is 15.3. The zero-order valence-electron chi connectivity index (χ0n) is 13.7. The van der Waals surface area contributed by atoms with Gasteiger partial charge in [-0.3, -0.25) is 4.79 Å². The minimum absolute atomic E-state index is 0.0359. The molecule has 0 aromatic rings. The predicted octanol–water partition coefficient (Wildman–Crippen LogP) is 4.35. The smallest absolute Gasteiger partial charge is 0.152 e. The van der Waals surface area contributed by atoms with E-state index in [1.807, 2.05) is 0 Å². The van der Waals surface area contributed by atoms with Crippen molar-refractivity contribution in [1.29, 1.82) is 0 Å². The molecule has 5 unspecified atom stereocenters. The van der Waals surface area contributed by atoms with Crippen LogP contribution in [0, 0.1) is 34.5 Å². The Morgan fingerprint density at radius 3 is 2.68 bits per heavy atom. The van der Waals surface area contributed by atoms with Gasteiger partial charge in [-0.1, -0.05) is 29.8 Å². The first-order valence-corrected chi connectivity index (χ1v) is 10.2. The molecule has 5 fully saturated rings. The second kappa shape index (κ2) is 4.39. The number of epoxide rings is 1. The number of ketones is 1. The number of carbonyl (C=O) groups excluding carboxylic acids is 1. The van der Waals surface area contributed by atoms with Gasteiger partial charge in [0, 0.05) is 5.41 Å². The van der Waals surface area contributed by atoms with Gasteiger partial charge in [0.25, 0.3) is 0 Å². The van der Waals surface area contributed by atoms with Crippen LogP contribution >= 0.6 is 15.9 Å². The number of rotatable bonds is 0. The Bertz CT molecular complexity index is 534. The second-order valence-electron chi connectivity index (χ2n) is 9.27. The standard InChI is InChI=1S/C19H27BrO2/c1-18-8-6-15-16(22-15)12(18)4-3-10-11(18)5-7-19(2)13(10)9-14(20)17(19)21/h10-16H,3-9H2,1-2H3/t10?,11?,12-,13?,14+,15+,16-,18?,19?/m0/s1. The van der Waals surface area contributed by atoms with E-state index in [1.165, 1.54) is 32.1 Å². The summed E-state index contributed by atoms with van der Waals surface area (Å²) < 4.78 is 5.97. The van der Waals surface area contributed by atoms with Gasteiger partial charge in [0.15, 0.2) is 5.78 Å². The molecule has 122 valence electrons. The van der Waals surface area contributed by atoms with Crippen molar-refractivity contribution in [2.75, 3.05) is 0 Å². The molecule has 0 amide bonds. The van der Waals surface area contributed by atoms with Crippen LogP contribution in [0.5, 0.6) is 0 Å². The van der Waals surface area contributed by atoms with Gasteiger partial charge in [0.05, 0.1) is 17.0 Å². The molecule has 0 bridgehead atoms. The van der Waals surface area contributed by atoms with Crippen molar-refractivity contribution in [2.24, 2.45) is 34.5 Å². The molecule has 3 heteroatoms. The number of ether oxygens (including phenoxy) is 1. The summed E-state index contributed by atoms with van der Waals surface area (Å²) in [7, 11) is 0. The normalized spacial score (nSPS) is 62.7. The van der Waals surface area contributed by atoms with E-state index < -0.39 is 0 Å². The number of hydrogen-bond donors (Lipinski definition) is 0. The van der Waals surface area contributed by atoms with Gasteiger partial charge >= 0.3 is 0 Å². The molecular formula is C19H27BrO2. The first-order chi connectivity index (χ1) is 10.4. The lowest BCUT2D eigenvalue weighted by Crippen LogP contribution is -2.54. The highest BCUT2D eigenvalue weighted by atomic mass is 79.9. The minimum atomic E-state index is -0.0359. The Morgan fingerprint density at radius 1 is 1.05 bits per heavy atom. The Kier molecular flexibility index (Phi) is 2.88. The van der Waals surface area contributed by atoms with Crippen LogP contribution in [-0.4, -0.2) is 22.8 Å². The monoisotopic (exact) mass is 366 g/mol. The number of fused-ring (bicyclic) bond motifs is 7. The summed E-state index contributed by atoms with van der Waals surface area (Å²) in [5, 5.41) is 0. The van der Waals surface area contributed by atoms with Gasteiger partial charge in [0.1, 0.15) is 0 Å². The number of Topliss-reactive ketones (excluding diaryl/α,β-unsaturated/α-hetero) is 1.